The predicted molar refractivity (Wildman–Crippen MR) is 136 cm³/mol. The van der Waals surface area contributed by atoms with Crippen molar-refractivity contribution in [3.05, 3.63) is 71.0 Å². The highest BCUT2D eigenvalue weighted by molar-refractivity contribution is 7.13. The van der Waals surface area contributed by atoms with Crippen LogP contribution in [0.4, 0.5) is 5.69 Å². The molecule has 0 radical (unpaired) electrons. The van der Waals surface area contributed by atoms with E-state index in [1.807, 2.05) is 48.7 Å². The Labute approximate surface area is 213 Å². The van der Waals surface area contributed by atoms with E-state index in [0.717, 1.165) is 23.3 Å². The van der Waals surface area contributed by atoms with E-state index in [-0.39, 0.29) is 24.4 Å². The van der Waals surface area contributed by atoms with Crippen LogP contribution in [-0.2, 0) is 16.1 Å². The van der Waals surface area contributed by atoms with Gasteiger partial charge in [0.15, 0.2) is 6.04 Å². The molecule has 1 aliphatic carbocycles. The van der Waals surface area contributed by atoms with E-state index >= 15 is 0 Å². The number of tetrazole rings is 1. The second kappa shape index (κ2) is 10.1. The quantitative estimate of drug-likeness (QED) is 0.360. The number of aryl methyl sites for hydroxylation is 1. The van der Waals surface area contributed by atoms with Gasteiger partial charge >= 0.3 is 0 Å². The lowest BCUT2D eigenvalue weighted by Crippen LogP contribution is -2.45. The minimum absolute atomic E-state index is 0.127. The topological polar surface area (TPSA) is 106 Å². The summed E-state index contributed by atoms with van der Waals surface area (Å²) in [5, 5.41) is 17.5. The lowest BCUT2D eigenvalue weighted by Gasteiger charge is -2.30. The van der Waals surface area contributed by atoms with Crippen molar-refractivity contribution in [1.29, 1.82) is 0 Å². The number of rotatable bonds is 9. The molecule has 3 heterocycles. The number of carbonyl (C=O) groups is 2. The highest BCUT2D eigenvalue weighted by Crippen LogP contribution is 2.32. The Morgan fingerprint density at radius 1 is 1.17 bits per heavy atom. The Morgan fingerprint density at radius 2 is 1.94 bits per heavy atom. The molecule has 1 N–H and O–H groups in total. The molecule has 1 saturated carbocycles. The summed E-state index contributed by atoms with van der Waals surface area (Å²) < 4.78 is 5.88. The van der Waals surface area contributed by atoms with Gasteiger partial charge in [-0.3, -0.25) is 14.5 Å². The molecule has 4 aromatic rings. The van der Waals surface area contributed by atoms with Crippen LogP contribution in [0.15, 0.2) is 58.3 Å². The van der Waals surface area contributed by atoms with Gasteiger partial charge in [-0.2, -0.15) is 4.80 Å². The third-order valence-electron chi connectivity index (χ3n) is 6.04. The Morgan fingerprint density at radius 3 is 2.56 bits per heavy atom. The number of nitrogens with one attached hydrogen (secondary N) is 1. The molecule has 0 spiro atoms. The maximum absolute atomic E-state index is 13.8. The molecule has 36 heavy (non-hydrogen) atoms. The van der Waals surface area contributed by atoms with Crippen LogP contribution in [0.5, 0.6) is 0 Å². The van der Waals surface area contributed by atoms with Crippen molar-refractivity contribution >= 4 is 28.8 Å². The first kappa shape index (κ1) is 23.9. The third-order valence-corrected chi connectivity index (χ3v) is 6.90. The summed E-state index contributed by atoms with van der Waals surface area (Å²) in [6.07, 6.45) is 1.86. The van der Waals surface area contributed by atoms with Gasteiger partial charge in [-0.15, -0.1) is 21.5 Å². The Balaban J connectivity index is 1.51. The first-order valence-corrected chi connectivity index (χ1v) is 12.9. The summed E-state index contributed by atoms with van der Waals surface area (Å²) in [6.45, 7) is 5.85. The maximum atomic E-state index is 13.8. The average Bonchev–Trinajstić information content (AvgIpc) is 3.24. The SMILES string of the molecule is Cc1ccc([C@@H](C(=O)NC2CC2)N(C(=O)Cn2nnc(-c3cccs3)n2)c2ccc(C(C)C)cc2)o1. The van der Waals surface area contributed by atoms with E-state index in [1.54, 1.807) is 12.1 Å². The van der Waals surface area contributed by atoms with Crippen molar-refractivity contribution in [3.63, 3.8) is 0 Å². The minimum Gasteiger partial charge on any atom is -0.464 e. The van der Waals surface area contributed by atoms with Gasteiger partial charge in [0, 0.05) is 11.7 Å². The monoisotopic (exact) mass is 504 g/mol. The number of aromatic nitrogens is 4. The lowest BCUT2D eigenvalue weighted by molar-refractivity contribution is -0.127. The Hall–Kier alpha value is -3.79. The Kier molecular flexibility index (Phi) is 6.69. The van der Waals surface area contributed by atoms with E-state index < -0.39 is 6.04 Å². The van der Waals surface area contributed by atoms with Crippen LogP contribution in [0.1, 0.15) is 55.7 Å². The molecule has 10 heteroatoms. The smallest absolute Gasteiger partial charge is 0.251 e. The molecule has 2 amide bonds. The number of hydrogen-bond acceptors (Lipinski definition) is 7. The zero-order valence-electron chi connectivity index (χ0n) is 20.4. The number of hydrogen-bond donors (Lipinski definition) is 1. The summed E-state index contributed by atoms with van der Waals surface area (Å²) in [6, 6.07) is 14.2. The van der Waals surface area contributed by atoms with E-state index in [4.69, 9.17) is 4.42 Å². The molecule has 1 atom stereocenters. The van der Waals surface area contributed by atoms with Crippen molar-refractivity contribution in [1.82, 2.24) is 25.5 Å². The minimum atomic E-state index is -0.975. The zero-order valence-corrected chi connectivity index (χ0v) is 21.2. The summed E-state index contributed by atoms with van der Waals surface area (Å²) in [5.74, 6) is 1.22. The van der Waals surface area contributed by atoms with Gasteiger partial charge in [-0.05, 0) is 72.2 Å². The van der Waals surface area contributed by atoms with Gasteiger partial charge in [-0.25, -0.2) is 0 Å². The van der Waals surface area contributed by atoms with Crippen molar-refractivity contribution < 1.29 is 14.0 Å². The summed E-state index contributed by atoms with van der Waals surface area (Å²) in [5.41, 5.74) is 1.73. The zero-order chi connectivity index (χ0) is 25.2. The molecule has 1 aliphatic rings. The summed E-state index contributed by atoms with van der Waals surface area (Å²) >= 11 is 1.50. The standard InChI is InChI=1S/C26H28N6O3S/c1-16(2)18-7-11-20(12-8-18)32(23(33)15-31-29-25(28-30-31)22-5-4-14-36-22)24(21-13-6-17(3)35-21)26(34)27-19-9-10-19/h4-8,11-14,16,19,24H,9-10,15H2,1-3H3,(H,27,34)/t24-/m0/s1. The fourth-order valence-corrected chi connectivity index (χ4v) is 4.60. The van der Waals surface area contributed by atoms with Crippen molar-refractivity contribution in [2.24, 2.45) is 0 Å². The number of nitrogens with zero attached hydrogens (tertiary/aromatic N) is 5. The fraction of sp³-hybridized carbons (Fsp3) is 0.346. The number of thiophene rings is 1. The summed E-state index contributed by atoms with van der Waals surface area (Å²) in [4.78, 5) is 30.9. The largest absolute Gasteiger partial charge is 0.464 e. The molecule has 1 aromatic carbocycles. The van der Waals surface area contributed by atoms with Gasteiger partial charge in [0.25, 0.3) is 11.8 Å². The lowest BCUT2D eigenvalue weighted by atomic mass is 10.0. The van der Waals surface area contributed by atoms with Crippen molar-refractivity contribution in [3.8, 4) is 10.7 Å². The highest BCUT2D eigenvalue weighted by atomic mass is 32.1. The van der Waals surface area contributed by atoms with Gasteiger partial charge in [-0.1, -0.05) is 32.0 Å². The Bertz CT molecular complexity index is 1340. The third kappa shape index (κ3) is 5.23. The second-order valence-electron chi connectivity index (χ2n) is 9.26. The summed E-state index contributed by atoms with van der Waals surface area (Å²) in [7, 11) is 0. The fourth-order valence-electron chi connectivity index (χ4n) is 3.95. The van der Waals surface area contributed by atoms with Gasteiger partial charge in [0.05, 0.1) is 4.88 Å². The van der Waals surface area contributed by atoms with Crippen LogP contribution in [-0.4, -0.2) is 38.1 Å². The number of carbonyl (C=O) groups excluding carboxylic acids is 2. The number of benzene rings is 1. The highest BCUT2D eigenvalue weighted by Gasteiger charge is 2.38. The molecule has 9 nitrogen and oxygen atoms in total. The number of furan rings is 1. The molecule has 0 bridgehead atoms. The van der Waals surface area contributed by atoms with Crippen LogP contribution in [0.25, 0.3) is 10.7 Å². The molecule has 0 aliphatic heterocycles. The molecule has 186 valence electrons. The van der Waals surface area contributed by atoms with Crippen LogP contribution < -0.4 is 10.2 Å². The van der Waals surface area contributed by atoms with Crippen molar-refractivity contribution in [2.75, 3.05) is 4.90 Å². The predicted octanol–water partition coefficient (Wildman–Crippen LogP) is 4.48. The average molecular weight is 505 g/mol. The first-order valence-electron chi connectivity index (χ1n) is 12.0. The molecular formula is C26H28N6O3S. The molecule has 1 fully saturated rings. The molecule has 0 unspecified atom stereocenters. The number of anilines is 1. The van der Waals surface area contributed by atoms with Crippen LogP contribution in [0.3, 0.4) is 0 Å². The van der Waals surface area contributed by atoms with Crippen molar-refractivity contribution in [2.45, 2.75) is 58.2 Å². The van der Waals surface area contributed by atoms with E-state index in [2.05, 4.69) is 34.6 Å². The molecule has 5 rings (SSSR count). The van der Waals surface area contributed by atoms with E-state index in [9.17, 15) is 9.59 Å². The van der Waals surface area contributed by atoms with Gasteiger partial charge < -0.3 is 9.73 Å². The molecular weight excluding hydrogens is 476 g/mol. The second-order valence-corrected chi connectivity index (χ2v) is 10.2. The normalized spacial score (nSPS) is 14.1. The van der Waals surface area contributed by atoms with Crippen LogP contribution in [0, 0.1) is 6.92 Å². The van der Waals surface area contributed by atoms with E-state index in [0.29, 0.717) is 29.0 Å². The molecule has 3 aromatic heterocycles. The first-order chi connectivity index (χ1) is 17.4. The number of amides is 2. The van der Waals surface area contributed by atoms with E-state index in [1.165, 1.54) is 21.0 Å². The van der Waals surface area contributed by atoms with Gasteiger partial charge in [0.2, 0.25) is 5.82 Å². The maximum Gasteiger partial charge on any atom is 0.251 e. The van der Waals surface area contributed by atoms with Gasteiger partial charge in [0.1, 0.15) is 18.1 Å². The molecule has 0 saturated heterocycles. The van der Waals surface area contributed by atoms with Crippen LogP contribution in [0.2, 0.25) is 0 Å². The van der Waals surface area contributed by atoms with Crippen LogP contribution >= 0.6 is 11.3 Å².